The summed E-state index contributed by atoms with van der Waals surface area (Å²) in [5.74, 6) is 0.939. The SMILES string of the molecule is c1ccc(-c2nc3ccccc3n2-c2c3ccccc3c(-c3cccc4c3C3(c5ccccc5-c5ccccc53)c3ccccc3-4)c3ccccc23)cc1. The van der Waals surface area contributed by atoms with E-state index in [0.717, 1.165) is 28.1 Å². The van der Waals surface area contributed by atoms with Gasteiger partial charge in [0.05, 0.1) is 22.1 Å². The summed E-state index contributed by atoms with van der Waals surface area (Å²) < 4.78 is 2.40. The first-order valence-corrected chi connectivity index (χ1v) is 18.7. The quantitative estimate of drug-likeness (QED) is 0.169. The molecule has 9 aromatic carbocycles. The van der Waals surface area contributed by atoms with Crippen molar-refractivity contribution in [1.82, 2.24) is 9.55 Å². The maximum Gasteiger partial charge on any atom is 0.145 e. The van der Waals surface area contributed by atoms with Gasteiger partial charge < -0.3 is 0 Å². The molecule has 0 aliphatic heterocycles. The highest BCUT2D eigenvalue weighted by atomic mass is 15.1. The van der Waals surface area contributed by atoms with Crippen LogP contribution in [-0.4, -0.2) is 9.55 Å². The predicted octanol–water partition coefficient (Wildman–Crippen LogP) is 13.0. The number of benzene rings is 9. The first kappa shape index (κ1) is 29.5. The van der Waals surface area contributed by atoms with E-state index >= 15 is 0 Å². The van der Waals surface area contributed by atoms with Gasteiger partial charge in [-0.05, 0) is 78.5 Å². The molecular weight excluding hydrogens is 653 g/mol. The minimum absolute atomic E-state index is 0.461. The van der Waals surface area contributed by atoms with Gasteiger partial charge in [-0.15, -0.1) is 0 Å². The standard InChI is InChI=1S/C52H32N2/c1-2-17-33(18-3-1)51-53-46-31-14-15-32-47(46)54(51)50-40-24-6-4-22-37(40)48(38-23-5-7-25-41(38)50)42-27-16-26-39-36-21-10-13-30-45(36)52(49(39)42)43-28-11-8-19-34(43)35-20-9-12-29-44(35)52/h1-32H. The highest BCUT2D eigenvalue weighted by Crippen LogP contribution is 2.65. The molecule has 0 bridgehead atoms. The van der Waals surface area contributed by atoms with Crippen LogP contribution < -0.4 is 0 Å². The number of hydrogen-bond acceptors (Lipinski definition) is 1. The molecule has 2 aliphatic rings. The summed E-state index contributed by atoms with van der Waals surface area (Å²) in [6.45, 7) is 0. The zero-order chi connectivity index (χ0) is 35.4. The summed E-state index contributed by atoms with van der Waals surface area (Å²) >= 11 is 0. The van der Waals surface area contributed by atoms with E-state index in [4.69, 9.17) is 4.98 Å². The van der Waals surface area contributed by atoms with Crippen LogP contribution >= 0.6 is 0 Å². The molecule has 0 unspecified atom stereocenters. The van der Waals surface area contributed by atoms with Crippen LogP contribution in [0.15, 0.2) is 194 Å². The maximum atomic E-state index is 5.28. The van der Waals surface area contributed by atoms with Crippen molar-refractivity contribution in [2.75, 3.05) is 0 Å². The second-order valence-corrected chi connectivity index (χ2v) is 14.6. The summed E-state index contributed by atoms with van der Waals surface area (Å²) in [6, 6.07) is 71.4. The van der Waals surface area contributed by atoms with E-state index in [1.807, 2.05) is 0 Å². The molecule has 0 amide bonds. The van der Waals surface area contributed by atoms with Crippen LogP contribution in [0.2, 0.25) is 0 Å². The molecule has 0 atom stereocenters. The van der Waals surface area contributed by atoms with Crippen LogP contribution in [0.25, 0.3) is 83.0 Å². The average molecular weight is 685 g/mol. The lowest BCUT2D eigenvalue weighted by Gasteiger charge is -2.32. The third kappa shape index (κ3) is 3.72. The van der Waals surface area contributed by atoms with Crippen molar-refractivity contribution in [3.05, 3.63) is 216 Å². The molecule has 0 fully saturated rings. The molecule has 2 nitrogen and oxygen atoms in total. The van der Waals surface area contributed by atoms with Crippen LogP contribution in [-0.2, 0) is 5.41 Å². The number of fused-ring (bicyclic) bond motifs is 13. The van der Waals surface area contributed by atoms with Gasteiger partial charge in [0.25, 0.3) is 0 Å². The van der Waals surface area contributed by atoms with Crippen LogP contribution in [0.3, 0.4) is 0 Å². The summed E-state index contributed by atoms with van der Waals surface area (Å²) in [5, 5.41) is 4.84. The van der Waals surface area contributed by atoms with Crippen molar-refractivity contribution in [2.24, 2.45) is 0 Å². The van der Waals surface area contributed by atoms with E-state index in [2.05, 4.69) is 199 Å². The number of aromatic nitrogens is 2. The van der Waals surface area contributed by atoms with Crippen LogP contribution in [0.5, 0.6) is 0 Å². The van der Waals surface area contributed by atoms with Gasteiger partial charge in [0.1, 0.15) is 5.82 Å². The van der Waals surface area contributed by atoms with Gasteiger partial charge in [-0.3, -0.25) is 4.57 Å². The van der Waals surface area contributed by atoms with Gasteiger partial charge in [-0.25, -0.2) is 4.98 Å². The predicted molar refractivity (Wildman–Crippen MR) is 223 cm³/mol. The minimum atomic E-state index is -0.461. The maximum absolute atomic E-state index is 5.28. The fourth-order valence-corrected chi connectivity index (χ4v) is 10.0. The molecule has 10 aromatic rings. The molecule has 0 N–H and O–H groups in total. The Morgan fingerprint density at radius 3 is 1.46 bits per heavy atom. The van der Waals surface area contributed by atoms with E-state index in [-0.39, 0.29) is 0 Å². The molecule has 1 spiro atoms. The van der Waals surface area contributed by atoms with Crippen molar-refractivity contribution in [2.45, 2.75) is 5.41 Å². The molecule has 0 saturated heterocycles. The van der Waals surface area contributed by atoms with Crippen molar-refractivity contribution in [3.63, 3.8) is 0 Å². The summed E-state index contributed by atoms with van der Waals surface area (Å²) in [6.07, 6.45) is 0. The fourth-order valence-electron chi connectivity index (χ4n) is 10.0. The number of rotatable bonds is 3. The van der Waals surface area contributed by atoms with E-state index in [9.17, 15) is 0 Å². The number of imidazole rings is 1. The van der Waals surface area contributed by atoms with E-state index in [1.54, 1.807) is 0 Å². The molecule has 1 heterocycles. The highest BCUT2D eigenvalue weighted by Gasteiger charge is 2.52. The van der Waals surface area contributed by atoms with Crippen LogP contribution in [0.1, 0.15) is 22.3 Å². The van der Waals surface area contributed by atoms with Gasteiger partial charge in [-0.1, -0.05) is 182 Å². The Labute approximate surface area is 313 Å². The number of para-hydroxylation sites is 2. The monoisotopic (exact) mass is 684 g/mol. The Balaban J connectivity index is 1.25. The van der Waals surface area contributed by atoms with Crippen LogP contribution in [0, 0.1) is 0 Å². The third-order valence-electron chi connectivity index (χ3n) is 12.0. The van der Waals surface area contributed by atoms with Gasteiger partial charge in [-0.2, -0.15) is 0 Å². The molecule has 54 heavy (non-hydrogen) atoms. The fraction of sp³-hybridized carbons (Fsp3) is 0.0192. The van der Waals surface area contributed by atoms with Crippen molar-refractivity contribution in [3.8, 4) is 50.5 Å². The molecule has 1 aromatic heterocycles. The molecule has 2 aliphatic carbocycles. The van der Waals surface area contributed by atoms with Crippen molar-refractivity contribution < 1.29 is 0 Å². The molecular formula is C52H32N2. The Hall–Kier alpha value is -7.03. The molecule has 12 rings (SSSR count). The van der Waals surface area contributed by atoms with Gasteiger partial charge in [0, 0.05) is 16.3 Å². The van der Waals surface area contributed by atoms with Crippen molar-refractivity contribution in [1.29, 1.82) is 0 Å². The molecule has 0 radical (unpaired) electrons. The summed E-state index contributed by atoms with van der Waals surface area (Å²) in [5.41, 5.74) is 17.1. The third-order valence-corrected chi connectivity index (χ3v) is 12.0. The topological polar surface area (TPSA) is 17.8 Å². The van der Waals surface area contributed by atoms with Gasteiger partial charge >= 0.3 is 0 Å². The Morgan fingerprint density at radius 1 is 0.370 bits per heavy atom. The lowest BCUT2D eigenvalue weighted by atomic mass is 9.68. The average Bonchev–Trinajstić information content (AvgIpc) is 3.88. The van der Waals surface area contributed by atoms with Gasteiger partial charge in [0.15, 0.2) is 0 Å². The molecule has 2 heteroatoms. The minimum Gasteiger partial charge on any atom is -0.291 e. The Bertz CT molecular complexity index is 3050. The van der Waals surface area contributed by atoms with E-state index in [1.165, 1.54) is 77.2 Å². The second-order valence-electron chi connectivity index (χ2n) is 14.6. The lowest BCUT2D eigenvalue weighted by molar-refractivity contribution is 0.796. The first-order valence-electron chi connectivity index (χ1n) is 18.7. The first-order chi connectivity index (χ1) is 26.8. The zero-order valence-corrected chi connectivity index (χ0v) is 29.4. The van der Waals surface area contributed by atoms with Crippen LogP contribution in [0.4, 0.5) is 0 Å². The largest absolute Gasteiger partial charge is 0.291 e. The summed E-state index contributed by atoms with van der Waals surface area (Å²) in [4.78, 5) is 5.28. The number of hydrogen-bond donors (Lipinski definition) is 0. The zero-order valence-electron chi connectivity index (χ0n) is 29.4. The second kappa shape index (κ2) is 11.0. The van der Waals surface area contributed by atoms with E-state index in [0.29, 0.717) is 0 Å². The normalized spacial score (nSPS) is 13.3. The Morgan fingerprint density at radius 2 is 0.833 bits per heavy atom. The molecule has 0 saturated carbocycles. The Kier molecular flexibility index (Phi) is 6.01. The smallest absolute Gasteiger partial charge is 0.145 e. The summed E-state index contributed by atoms with van der Waals surface area (Å²) in [7, 11) is 0. The lowest BCUT2D eigenvalue weighted by Crippen LogP contribution is -2.26. The van der Waals surface area contributed by atoms with Gasteiger partial charge in [0.2, 0.25) is 0 Å². The van der Waals surface area contributed by atoms with Crippen molar-refractivity contribution >= 4 is 32.6 Å². The van der Waals surface area contributed by atoms with E-state index < -0.39 is 5.41 Å². The molecule has 250 valence electrons. The highest BCUT2D eigenvalue weighted by molar-refractivity contribution is 6.20. The number of nitrogens with zero attached hydrogens (tertiary/aromatic N) is 2.